The fourth-order valence-electron chi connectivity index (χ4n) is 1.62. The van der Waals surface area contributed by atoms with E-state index in [1.807, 2.05) is 5.38 Å². The molecule has 0 spiro atoms. The Balaban J connectivity index is 2.10. The van der Waals surface area contributed by atoms with Crippen molar-refractivity contribution in [1.82, 2.24) is 4.98 Å². The summed E-state index contributed by atoms with van der Waals surface area (Å²) in [6.45, 7) is 0.461. The smallest absolute Gasteiger partial charge is 0.299 e. The Morgan fingerprint density at radius 3 is 2.65 bits per heavy atom. The standard InChI is InChI=1S/C11H10N4O4S/c16-14(17)9-1-2-10(11(5-9)15(18)19)12-4-3-8-6-20-7-13-8/h1-2,5-7,12H,3-4H2. The van der Waals surface area contributed by atoms with Crippen molar-refractivity contribution in [3.8, 4) is 0 Å². The molecule has 0 unspecified atom stereocenters. The van der Waals surface area contributed by atoms with Crippen LogP contribution < -0.4 is 5.32 Å². The normalized spacial score (nSPS) is 10.2. The molecule has 0 saturated heterocycles. The van der Waals surface area contributed by atoms with Crippen molar-refractivity contribution < 1.29 is 9.85 Å². The Kier molecular flexibility index (Phi) is 4.20. The van der Waals surface area contributed by atoms with Crippen LogP contribution in [0.2, 0.25) is 0 Å². The Morgan fingerprint density at radius 2 is 2.05 bits per heavy atom. The van der Waals surface area contributed by atoms with E-state index >= 15 is 0 Å². The molecule has 104 valence electrons. The topological polar surface area (TPSA) is 111 Å². The van der Waals surface area contributed by atoms with E-state index in [4.69, 9.17) is 0 Å². The van der Waals surface area contributed by atoms with Crippen LogP contribution in [0.4, 0.5) is 17.1 Å². The molecule has 0 saturated carbocycles. The second-order valence-corrected chi connectivity index (χ2v) is 4.59. The lowest BCUT2D eigenvalue weighted by Crippen LogP contribution is -2.07. The van der Waals surface area contributed by atoms with E-state index in [9.17, 15) is 20.2 Å². The summed E-state index contributed by atoms with van der Waals surface area (Å²) < 4.78 is 0. The van der Waals surface area contributed by atoms with Gasteiger partial charge in [0.2, 0.25) is 0 Å². The van der Waals surface area contributed by atoms with Gasteiger partial charge in [0.25, 0.3) is 11.4 Å². The molecular formula is C11H10N4O4S. The molecule has 2 rings (SSSR count). The fourth-order valence-corrected chi connectivity index (χ4v) is 2.21. The van der Waals surface area contributed by atoms with Gasteiger partial charge in [0.05, 0.1) is 27.1 Å². The highest BCUT2D eigenvalue weighted by Crippen LogP contribution is 2.28. The molecule has 2 aromatic rings. The number of nitro benzene ring substituents is 2. The van der Waals surface area contributed by atoms with Gasteiger partial charge in [-0.1, -0.05) is 0 Å². The van der Waals surface area contributed by atoms with E-state index in [1.165, 1.54) is 23.5 Å². The third-order valence-corrected chi connectivity index (χ3v) is 3.20. The summed E-state index contributed by atoms with van der Waals surface area (Å²) in [5.74, 6) is 0. The van der Waals surface area contributed by atoms with Crippen LogP contribution in [-0.4, -0.2) is 21.4 Å². The molecule has 0 aliphatic heterocycles. The highest BCUT2D eigenvalue weighted by atomic mass is 32.1. The van der Waals surface area contributed by atoms with E-state index in [2.05, 4.69) is 10.3 Å². The van der Waals surface area contributed by atoms with E-state index in [1.54, 1.807) is 5.51 Å². The maximum absolute atomic E-state index is 10.9. The Bertz CT molecular complexity index is 629. The lowest BCUT2D eigenvalue weighted by atomic mass is 10.2. The zero-order valence-corrected chi connectivity index (χ0v) is 11.0. The average molecular weight is 294 g/mol. The molecule has 1 N–H and O–H groups in total. The summed E-state index contributed by atoms with van der Waals surface area (Å²) in [7, 11) is 0. The molecule has 20 heavy (non-hydrogen) atoms. The van der Waals surface area contributed by atoms with Crippen molar-refractivity contribution >= 4 is 28.4 Å². The minimum absolute atomic E-state index is 0.260. The first-order valence-corrected chi connectivity index (χ1v) is 6.56. The third kappa shape index (κ3) is 3.26. The molecule has 0 aliphatic carbocycles. The number of hydrogen-bond donors (Lipinski definition) is 1. The van der Waals surface area contributed by atoms with E-state index < -0.39 is 9.85 Å². The molecule has 0 amide bonds. The lowest BCUT2D eigenvalue weighted by Gasteiger charge is -2.05. The molecule has 1 aromatic heterocycles. The van der Waals surface area contributed by atoms with Crippen LogP contribution in [0.1, 0.15) is 5.69 Å². The number of nitrogens with one attached hydrogen (secondary N) is 1. The number of hydrogen-bond acceptors (Lipinski definition) is 7. The number of anilines is 1. The zero-order valence-electron chi connectivity index (χ0n) is 10.2. The molecule has 0 radical (unpaired) electrons. The van der Waals surface area contributed by atoms with Crippen LogP contribution in [0.3, 0.4) is 0 Å². The van der Waals surface area contributed by atoms with Crippen LogP contribution in [0.5, 0.6) is 0 Å². The lowest BCUT2D eigenvalue weighted by molar-refractivity contribution is -0.393. The minimum Gasteiger partial charge on any atom is -0.379 e. The van der Waals surface area contributed by atoms with E-state index in [-0.39, 0.29) is 17.1 Å². The number of aromatic nitrogens is 1. The molecular weight excluding hydrogens is 284 g/mol. The number of nitro groups is 2. The van der Waals surface area contributed by atoms with Crippen LogP contribution in [0.25, 0.3) is 0 Å². The first kappa shape index (κ1) is 13.9. The van der Waals surface area contributed by atoms with Gasteiger partial charge < -0.3 is 5.32 Å². The van der Waals surface area contributed by atoms with Gasteiger partial charge in [0, 0.05) is 24.4 Å². The Morgan fingerprint density at radius 1 is 1.25 bits per heavy atom. The summed E-state index contributed by atoms with van der Waals surface area (Å²) in [5.41, 5.74) is 2.26. The van der Waals surface area contributed by atoms with Crippen LogP contribution in [0, 0.1) is 20.2 Å². The van der Waals surface area contributed by atoms with Crippen molar-refractivity contribution in [2.24, 2.45) is 0 Å². The first-order chi connectivity index (χ1) is 9.58. The predicted molar refractivity (Wildman–Crippen MR) is 74.1 cm³/mol. The number of non-ortho nitro benzene ring substituents is 1. The van der Waals surface area contributed by atoms with Gasteiger partial charge >= 0.3 is 0 Å². The summed E-state index contributed by atoms with van der Waals surface area (Å²) in [5, 5.41) is 26.3. The van der Waals surface area contributed by atoms with Crippen molar-refractivity contribution in [2.45, 2.75) is 6.42 Å². The quantitative estimate of drug-likeness (QED) is 0.647. The van der Waals surface area contributed by atoms with Gasteiger partial charge in [-0.05, 0) is 6.07 Å². The van der Waals surface area contributed by atoms with Gasteiger partial charge in [-0.25, -0.2) is 4.98 Å². The SMILES string of the molecule is O=[N+]([O-])c1ccc(NCCc2cscn2)c([N+](=O)[O-])c1. The largest absolute Gasteiger partial charge is 0.379 e. The van der Waals surface area contributed by atoms with Crippen LogP contribution >= 0.6 is 11.3 Å². The monoisotopic (exact) mass is 294 g/mol. The third-order valence-electron chi connectivity index (χ3n) is 2.57. The predicted octanol–water partition coefficient (Wildman–Crippen LogP) is 2.61. The fraction of sp³-hybridized carbons (Fsp3) is 0.182. The molecule has 1 heterocycles. The van der Waals surface area contributed by atoms with Crippen LogP contribution in [-0.2, 0) is 6.42 Å². The van der Waals surface area contributed by atoms with Crippen molar-refractivity contribution in [3.05, 3.63) is 55.0 Å². The van der Waals surface area contributed by atoms with Gasteiger partial charge in [0.15, 0.2) is 0 Å². The Labute approximate surface area is 117 Å². The van der Waals surface area contributed by atoms with Gasteiger partial charge in [-0.2, -0.15) is 0 Å². The molecule has 0 atom stereocenters. The second-order valence-electron chi connectivity index (χ2n) is 3.87. The van der Waals surface area contributed by atoms with Crippen molar-refractivity contribution in [2.75, 3.05) is 11.9 Å². The maximum atomic E-state index is 10.9. The molecule has 0 bridgehead atoms. The van der Waals surface area contributed by atoms with E-state index in [0.29, 0.717) is 13.0 Å². The molecule has 1 aromatic carbocycles. The summed E-state index contributed by atoms with van der Waals surface area (Å²) in [4.78, 5) is 24.3. The van der Waals surface area contributed by atoms with E-state index in [0.717, 1.165) is 11.8 Å². The second kappa shape index (κ2) is 6.06. The van der Waals surface area contributed by atoms with Crippen LogP contribution in [0.15, 0.2) is 29.1 Å². The number of thiazole rings is 1. The number of nitrogens with zero attached hydrogens (tertiary/aromatic N) is 3. The summed E-state index contributed by atoms with van der Waals surface area (Å²) in [6, 6.07) is 3.53. The first-order valence-electron chi connectivity index (χ1n) is 5.61. The van der Waals surface area contributed by atoms with Crippen molar-refractivity contribution in [1.29, 1.82) is 0 Å². The molecule has 8 nitrogen and oxygen atoms in total. The van der Waals surface area contributed by atoms with Gasteiger partial charge in [0.1, 0.15) is 5.69 Å². The highest BCUT2D eigenvalue weighted by Gasteiger charge is 2.18. The van der Waals surface area contributed by atoms with Crippen molar-refractivity contribution in [3.63, 3.8) is 0 Å². The molecule has 0 aliphatic rings. The average Bonchev–Trinajstić information content (AvgIpc) is 2.91. The number of benzene rings is 1. The Hall–Kier alpha value is -2.55. The minimum atomic E-state index is -0.661. The number of rotatable bonds is 6. The summed E-state index contributed by atoms with van der Waals surface area (Å²) >= 11 is 1.48. The van der Waals surface area contributed by atoms with Gasteiger partial charge in [-0.3, -0.25) is 20.2 Å². The summed E-state index contributed by atoms with van der Waals surface area (Å²) in [6.07, 6.45) is 0.623. The maximum Gasteiger partial charge on any atom is 0.299 e. The molecule has 0 fully saturated rings. The molecule has 9 heteroatoms. The zero-order chi connectivity index (χ0) is 14.5. The highest BCUT2D eigenvalue weighted by molar-refractivity contribution is 7.07. The van der Waals surface area contributed by atoms with Gasteiger partial charge in [-0.15, -0.1) is 11.3 Å².